The Balaban J connectivity index is 3.10. The molecule has 0 atom stereocenters. The summed E-state index contributed by atoms with van der Waals surface area (Å²) in [6.07, 6.45) is 0.716. The Bertz CT molecular complexity index is 480. The Hall–Kier alpha value is -1.92. The molecule has 0 spiro atoms. The molecule has 1 N–H and O–H groups in total. The van der Waals surface area contributed by atoms with Crippen LogP contribution in [0, 0.1) is 11.6 Å². The van der Waals surface area contributed by atoms with Crippen molar-refractivity contribution in [3.8, 4) is 0 Å². The second-order valence-corrected chi connectivity index (χ2v) is 4.58. The van der Waals surface area contributed by atoms with Gasteiger partial charge < -0.3 is 15.1 Å². The number of amides is 1. The lowest BCUT2D eigenvalue weighted by Crippen LogP contribution is -2.38. The van der Waals surface area contributed by atoms with Crippen molar-refractivity contribution in [3.05, 3.63) is 17.7 Å². The van der Waals surface area contributed by atoms with Crippen LogP contribution >= 0.6 is 0 Å². The van der Waals surface area contributed by atoms with Gasteiger partial charge in [-0.3, -0.25) is 4.79 Å². The van der Waals surface area contributed by atoms with E-state index in [-0.39, 0.29) is 24.1 Å². The van der Waals surface area contributed by atoms with Crippen LogP contribution in [-0.4, -0.2) is 50.0 Å². The lowest BCUT2D eigenvalue weighted by molar-refractivity contribution is -0.127. The average molecular weight is 286 g/mol. The smallest absolute Gasteiger partial charge is 0.241 e. The zero-order valence-electron chi connectivity index (χ0n) is 12.2. The highest BCUT2D eigenvalue weighted by Gasteiger charge is 2.19. The fraction of sp³-hybridized carbons (Fsp3) is 0.538. The van der Waals surface area contributed by atoms with Crippen molar-refractivity contribution in [2.24, 2.45) is 0 Å². The molecule has 0 saturated carbocycles. The average Bonchev–Trinajstić information content (AvgIpc) is 2.38. The molecule has 0 fully saturated rings. The fourth-order valence-electron chi connectivity index (χ4n) is 1.69. The van der Waals surface area contributed by atoms with Crippen molar-refractivity contribution < 1.29 is 13.6 Å². The molecule has 0 radical (unpaired) electrons. The molecule has 0 aromatic carbocycles. The third-order valence-electron chi connectivity index (χ3n) is 2.77. The quantitative estimate of drug-likeness (QED) is 0.865. The van der Waals surface area contributed by atoms with Gasteiger partial charge in [-0.1, -0.05) is 6.92 Å². The summed E-state index contributed by atoms with van der Waals surface area (Å²) in [6.45, 7) is 2.37. The maximum Gasteiger partial charge on any atom is 0.241 e. The normalized spacial score (nSPS) is 10.3. The van der Waals surface area contributed by atoms with Crippen LogP contribution in [0.15, 0.2) is 6.07 Å². The SMILES string of the molecule is CCCN(CC(=O)N(C)C)c1nc(NC)c(F)cc1F. The molecule has 112 valence electrons. The summed E-state index contributed by atoms with van der Waals surface area (Å²) in [4.78, 5) is 18.6. The van der Waals surface area contributed by atoms with Crippen LogP contribution in [-0.2, 0) is 4.79 Å². The maximum absolute atomic E-state index is 13.9. The van der Waals surface area contributed by atoms with E-state index >= 15 is 0 Å². The number of pyridine rings is 1. The van der Waals surface area contributed by atoms with Gasteiger partial charge in [0.1, 0.15) is 0 Å². The predicted octanol–water partition coefficient (Wildman–Crippen LogP) is 1.71. The van der Waals surface area contributed by atoms with E-state index in [1.807, 2.05) is 6.92 Å². The van der Waals surface area contributed by atoms with Crippen molar-refractivity contribution in [3.63, 3.8) is 0 Å². The molecule has 5 nitrogen and oxygen atoms in total. The molecule has 20 heavy (non-hydrogen) atoms. The van der Waals surface area contributed by atoms with E-state index in [1.54, 1.807) is 14.1 Å². The Morgan fingerprint density at radius 3 is 2.50 bits per heavy atom. The molecule has 1 aromatic rings. The number of aromatic nitrogens is 1. The zero-order valence-corrected chi connectivity index (χ0v) is 12.2. The van der Waals surface area contributed by atoms with Gasteiger partial charge in [-0.15, -0.1) is 0 Å². The molecule has 0 aliphatic carbocycles. The van der Waals surface area contributed by atoms with Crippen molar-refractivity contribution in [1.82, 2.24) is 9.88 Å². The summed E-state index contributed by atoms with van der Waals surface area (Å²) >= 11 is 0. The number of likely N-dealkylation sites (N-methyl/N-ethyl adjacent to an activating group) is 1. The van der Waals surface area contributed by atoms with Crippen LogP contribution < -0.4 is 10.2 Å². The van der Waals surface area contributed by atoms with E-state index in [0.717, 1.165) is 6.07 Å². The van der Waals surface area contributed by atoms with E-state index in [9.17, 15) is 13.6 Å². The third-order valence-corrected chi connectivity index (χ3v) is 2.77. The van der Waals surface area contributed by atoms with E-state index in [0.29, 0.717) is 13.0 Å². The fourth-order valence-corrected chi connectivity index (χ4v) is 1.69. The summed E-state index contributed by atoms with van der Waals surface area (Å²) in [7, 11) is 4.75. The predicted molar refractivity (Wildman–Crippen MR) is 74.9 cm³/mol. The van der Waals surface area contributed by atoms with Gasteiger partial charge in [0.15, 0.2) is 23.3 Å². The van der Waals surface area contributed by atoms with Gasteiger partial charge in [-0.25, -0.2) is 13.8 Å². The molecular formula is C13H20F2N4O. The minimum Gasteiger partial charge on any atom is -0.371 e. The minimum atomic E-state index is -0.776. The van der Waals surface area contributed by atoms with E-state index < -0.39 is 11.6 Å². The third kappa shape index (κ3) is 3.79. The van der Waals surface area contributed by atoms with Crippen molar-refractivity contribution in [2.75, 3.05) is 44.4 Å². The lowest BCUT2D eigenvalue weighted by atomic mass is 10.3. The number of hydrogen-bond donors (Lipinski definition) is 1. The highest BCUT2D eigenvalue weighted by Crippen LogP contribution is 2.22. The Morgan fingerprint density at radius 2 is 2.00 bits per heavy atom. The Labute approximate surface area is 117 Å². The largest absolute Gasteiger partial charge is 0.371 e. The summed E-state index contributed by atoms with van der Waals surface area (Å²) in [5, 5.41) is 2.56. The first-order valence-electron chi connectivity index (χ1n) is 6.39. The molecule has 0 saturated heterocycles. The van der Waals surface area contributed by atoms with Gasteiger partial charge in [-0.2, -0.15) is 0 Å². The van der Waals surface area contributed by atoms with E-state index in [1.165, 1.54) is 16.8 Å². The number of carbonyl (C=O) groups excluding carboxylic acids is 1. The van der Waals surface area contributed by atoms with Gasteiger partial charge in [0, 0.05) is 33.8 Å². The number of nitrogens with zero attached hydrogens (tertiary/aromatic N) is 3. The van der Waals surface area contributed by atoms with Crippen LogP contribution in [0.2, 0.25) is 0 Å². The molecule has 0 aliphatic heterocycles. The molecule has 0 unspecified atom stereocenters. The van der Waals surface area contributed by atoms with Crippen LogP contribution in [0.1, 0.15) is 13.3 Å². The van der Waals surface area contributed by atoms with E-state index in [4.69, 9.17) is 0 Å². The maximum atomic E-state index is 13.9. The van der Waals surface area contributed by atoms with Gasteiger partial charge in [0.05, 0.1) is 6.54 Å². The summed E-state index contributed by atoms with van der Waals surface area (Å²) in [5.74, 6) is -1.77. The molecule has 1 heterocycles. The second-order valence-electron chi connectivity index (χ2n) is 4.58. The van der Waals surface area contributed by atoms with E-state index in [2.05, 4.69) is 10.3 Å². The Kier molecular flexibility index (Phi) is 5.66. The number of halogens is 2. The first-order valence-corrected chi connectivity index (χ1v) is 6.39. The zero-order chi connectivity index (χ0) is 15.3. The summed E-state index contributed by atoms with van der Waals surface area (Å²) < 4.78 is 27.3. The topological polar surface area (TPSA) is 48.5 Å². The van der Waals surface area contributed by atoms with Crippen LogP contribution in [0.25, 0.3) is 0 Å². The molecule has 1 rings (SSSR count). The Morgan fingerprint density at radius 1 is 1.35 bits per heavy atom. The minimum absolute atomic E-state index is 0.000450. The van der Waals surface area contributed by atoms with Gasteiger partial charge in [-0.05, 0) is 6.42 Å². The van der Waals surface area contributed by atoms with Gasteiger partial charge >= 0.3 is 0 Å². The molecule has 1 aromatic heterocycles. The van der Waals surface area contributed by atoms with Gasteiger partial charge in [0.25, 0.3) is 0 Å². The second kappa shape index (κ2) is 7.02. The van der Waals surface area contributed by atoms with Gasteiger partial charge in [0.2, 0.25) is 5.91 Å². The number of nitrogens with one attached hydrogen (secondary N) is 1. The van der Waals surface area contributed by atoms with Crippen molar-refractivity contribution >= 4 is 17.5 Å². The highest BCUT2D eigenvalue weighted by molar-refractivity contribution is 5.80. The highest BCUT2D eigenvalue weighted by atomic mass is 19.1. The monoisotopic (exact) mass is 286 g/mol. The van der Waals surface area contributed by atoms with Crippen LogP contribution in [0.3, 0.4) is 0 Å². The molecule has 1 amide bonds. The molecular weight excluding hydrogens is 266 g/mol. The van der Waals surface area contributed by atoms with Crippen LogP contribution in [0.5, 0.6) is 0 Å². The standard InChI is InChI=1S/C13H20F2N4O/c1-5-6-19(8-11(20)18(3)4)13-10(15)7-9(14)12(16-2)17-13/h7H,5-6,8H2,1-4H3,(H,16,17). The number of carbonyl (C=O) groups is 1. The van der Waals surface area contributed by atoms with Crippen molar-refractivity contribution in [1.29, 1.82) is 0 Å². The number of hydrogen-bond acceptors (Lipinski definition) is 4. The lowest BCUT2D eigenvalue weighted by Gasteiger charge is -2.25. The molecule has 0 aliphatic rings. The summed E-state index contributed by atoms with van der Waals surface area (Å²) in [5.41, 5.74) is 0. The number of anilines is 2. The number of rotatable bonds is 6. The first kappa shape index (κ1) is 16.1. The first-order chi connectivity index (χ1) is 9.40. The van der Waals surface area contributed by atoms with Crippen molar-refractivity contribution in [2.45, 2.75) is 13.3 Å². The van der Waals surface area contributed by atoms with Crippen LogP contribution in [0.4, 0.5) is 20.4 Å². The molecule has 0 bridgehead atoms. The summed E-state index contributed by atoms with van der Waals surface area (Å²) in [6, 6.07) is 0.775. The molecule has 7 heteroatoms.